The monoisotopic (exact) mass is 471 g/mol. The van der Waals surface area contributed by atoms with Crippen molar-refractivity contribution in [2.45, 2.75) is 33.3 Å². The second-order valence-electron chi connectivity index (χ2n) is 8.56. The summed E-state index contributed by atoms with van der Waals surface area (Å²) in [5, 5.41) is 3.23. The number of aryl methyl sites for hydroxylation is 1. The average molecular weight is 472 g/mol. The normalized spacial score (nSPS) is 11.4. The first-order valence-corrected chi connectivity index (χ1v) is 11.9. The third-order valence-electron chi connectivity index (χ3n) is 5.92. The Labute approximate surface area is 207 Å². The highest BCUT2D eigenvalue weighted by Gasteiger charge is 2.12. The van der Waals surface area contributed by atoms with Gasteiger partial charge in [0.05, 0.1) is 0 Å². The first-order chi connectivity index (χ1) is 17.0. The number of aldehydes is 1. The predicted molar refractivity (Wildman–Crippen MR) is 140 cm³/mol. The zero-order chi connectivity index (χ0) is 25.0. The summed E-state index contributed by atoms with van der Waals surface area (Å²) in [4.78, 5) is 22.9. The number of carbonyl (C=O) groups is 2. The van der Waals surface area contributed by atoms with Crippen LogP contribution in [0.4, 0.5) is 0 Å². The third kappa shape index (κ3) is 7.85. The minimum atomic E-state index is 0.0258. The second kappa shape index (κ2) is 13.1. The van der Waals surface area contributed by atoms with Crippen LogP contribution in [-0.4, -0.2) is 25.2 Å². The van der Waals surface area contributed by atoms with Gasteiger partial charge in [-0.2, -0.15) is 0 Å². The van der Waals surface area contributed by atoms with Gasteiger partial charge in [-0.25, -0.2) is 0 Å². The van der Waals surface area contributed by atoms with Gasteiger partial charge in [-0.05, 0) is 43.0 Å². The zero-order valence-corrected chi connectivity index (χ0v) is 20.5. The molecule has 1 N–H and O–H groups in total. The van der Waals surface area contributed by atoms with Crippen LogP contribution in [0.3, 0.4) is 0 Å². The van der Waals surface area contributed by atoms with Crippen molar-refractivity contribution in [1.82, 2.24) is 5.32 Å². The molecule has 0 aliphatic heterocycles. The van der Waals surface area contributed by atoms with E-state index < -0.39 is 0 Å². The Hall–Kier alpha value is -3.86. The minimum Gasteiger partial charge on any atom is -0.488 e. The molecule has 3 aromatic carbocycles. The Morgan fingerprint density at radius 3 is 2.46 bits per heavy atom. The van der Waals surface area contributed by atoms with E-state index in [2.05, 4.69) is 11.9 Å². The van der Waals surface area contributed by atoms with E-state index in [9.17, 15) is 9.59 Å². The Balaban J connectivity index is 1.64. The Kier molecular flexibility index (Phi) is 9.67. The summed E-state index contributed by atoms with van der Waals surface area (Å²) in [5.41, 5.74) is 4.21. The fraction of sp³-hybridized carbons (Fsp3) is 0.267. The summed E-state index contributed by atoms with van der Waals surface area (Å²) in [6.45, 7) is 8.98. The molecular formula is C30H33NO4. The Morgan fingerprint density at radius 1 is 0.971 bits per heavy atom. The number of ether oxygens (including phenoxy) is 2. The molecule has 5 heteroatoms. The van der Waals surface area contributed by atoms with Crippen LogP contribution >= 0.6 is 0 Å². The van der Waals surface area contributed by atoms with Gasteiger partial charge in [0, 0.05) is 29.3 Å². The zero-order valence-electron chi connectivity index (χ0n) is 20.5. The van der Waals surface area contributed by atoms with Crippen molar-refractivity contribution in [3.63, 3.8) is 0 Å². The number of nitrogens with one attached hydrogen (secondary N) is 1. The lowest BCUT2D eigenvalue weighted by Gasteiger charge is -2.16. The van der Waals surface area contributed by atoms with Crippen LogP contribution in [0.2, 0.25) is 0 Å². The summed E-state index contributed by atoms with van der Waals surface area (Å²) in [5.74, 6) is 1.56. The number of hydrogen-bond donors (Lipinski definition) is 1. The van der Waals surface area contributed by atoms with Crippen molar-refractivity contribution in [2.75, 3.05) is 13.2 Å². The number of rotatable bonds is 14. The van der Waals surface area contributed by atoms with Crippen molar-refractivity contribution in [3.05, 3.63) is 102 Å². The van der Waals surface area contributed by atoms with Crippen molar-refractivity contribution < 1.29 is 19.1 Å². The maximum absolute atomic E-state index is 11.6. The molecule has 0 saturated heterocycles. The molecule has 1 unspecified atom stereocenters. The van der Waals surface area contributed by atoms with Gasteiger partial charge in [-0.3, -0.25) is 9.59 Å². The van der Waals surface area contributed by atoms with Crippen LogP contribution in [0.25, 0.3) is 5.70 Å². The minimum absolute atomic E-state index is 0.0258. The molecule has 0 aliphatic rings. The quantitative estimate of drug-likeness (QED) is 0.235. The van der Waals surface area contributed by atoms with Gasteiger partial charge in [-0.1, -0.05) is 74.2 Å². The lowest BCUT2D eigenvalue weighted by Crippen LogP contribution is -2.20. The van der Waals surface area contributed by atoms with Gasteiger partial charge >= 0.3 is 0 Å². The molecule has 0 fully saturated rings. The SMILES string of the molecule is C=C(NCCOc1cc(CCC(C)C(C)=O)ccc1OCc1ccccc1)c1ccccc1C=O. The van der Waals surface area contributed by atoms with E-state index in [1.165, 1.54) is 0 Å². The van der Waals surface area contributed by atoms with Crippen molar-refractivity contribution in [3.8, 4) is 11.5 Å². The van der Waals surface area contributed by atoms with Crippen LogP contribution in [0, 0.1) is 5.92 Å². The van der Waals surface area contributed by atoms with E-state index in [4.69, 9.17) is 9.47 Å². The molecule has 0 spiro atoms. The Bertz CT molecular complexity index is 1140. The largest absolute Gasteiger partial charge is 0.488 e. The van der Waals surface area contributed by atoms with Crippen LogP contribution in [0.15, 0.2) is 79.4 Å². The van der Waals surface area contributed by atoms with Gasteiger partial charge < -0.3 is 14.8 Å². The predicted octanol–water partition coefficient (Wildman–Crippen LogP) is 5.88. The molecule has 0 heterocycles. The summed E-state index contributed by atoms with van der Waals surface area (Å²) in [6, 6.07) is 23.2. The molecule has 3 rings (SSSR count). The molecular weight excluding hydrogens is 438 g/mol. The standard InChI is InChI=1S/C30H33NO4/c1-22(24(3)33)13-14-25-15-16-29(35-21-26-9-5-4-6-10-26)30(19-25)34-18-17-31-23(2)28-12-8-7-11-27(28)20-32/h4-12,15-16,19-20,22,31H,2,13-14,17-18,21H2,1,3H3. The highest BCUT2D eigenvalue weighted by atomic mass is 16.5. The molecule has 3 aromatic rings. The van der Waals surface area contributed by atoms with Gasteiger partial charge in [0.2, 0.25) is 0 Å². The van der Waals surface area contributed by atoms with E-state index >= 15 is 0 Å². The van der Waals surface area contributed by atoms with Crippen LogP contribution in [0.5, 0.6) is 11.5 Å². The lowest BCUT2D eigenvalue weighted by atomic mass is 9.98. The Morgan fingerprint density at radius 2 is 1.71 bits per heavy atom. The molecule has 0 bridgehead atoms. The average Bonchev–Trinajstić information content (AvgIpc) is 2.89. The van der Waals surface area contributed by atoms with Crippen LogP contribution in [0.1, 0.15) is 47.3 Å². The van der Waals surface area contributed by atoms with Gasteiger partial charge in [-0.15, -0.1) is 0 Å². The van der Waals surface area contributed by atoms with Crippen LogP contribution in [-0.2, 0) is 17.8 Å². The summed E-state index contributed by atoms with van der Waals surface area (Å²) in [7, 11) is 0. The highest BCUT2D eigenvalue weighted by molar-refractivity contribution is 5.84. The van der Waals surface area contributed by atoms with Crippen molar-refractivity contribution >= 4 is 17.8 Å². The number of ketones is 1. The van der Waals surface area contributed by atoms with E-state index in [0.717, 1.165) is 35.8 Å². The molecule has 5 nitrogen and oxygen atoms in total. The fourth-order valence-electron chi connectivity index (χ4n) is 3.59. The summed E-state index contributed by atoms with van der Waals surface area (Å²) < 4.78 is 12.2. The molecule has 35 heavy (non-hydrogen) atoms. The molecule has 0 aliphatic carbocycles. The van der Waals surface area contributed by atoms with Crippen molar-refractivity contribution in [1.29, 1.82) is 0 Å². The highest BCUT2D eigenvalue weighted by Crippen LogP contribution is 2.30. The van der Waals surface area contributed by atoms with Crippen LogP contribution < -0.4 is 14.8 Å². The lowest BCUT2D eigenvalue weighted by molar-refractivity contribution is -0.120. The van der Waals surface area contributed by atoms with Crippen molar-refractivity contribution in [2.24, 2.45) is 5.92 Å². The van der Waals surface area contributed by atoms with E-state index in [1.54, 1.807) is 13.0 Å². The first-order valence-electron chi connectivity index (χ1n) is 11.9. The molecule has 0 aromatic heterocycles. The first kappa shape index (κ1) is 25.8. The smallest absolute Gasteiger partial charge is 0.161 e. The second-order valence-corrected chi connectivity index (χ2v) is 8.56. The molecule has 1 atom stereocenters. The third-order valence-corrected chi connectivity index (χ3v) is 5.92. The maximum atomic E-state index is 11.6. The number of carbonyl (C=O) groups excluding carboxylic acids is 2. The van der Waals surface area contributed by atoms with E-state index in [-0.39, 0.29) is 11.7 Å². The number of benzene rings is 3. The topological polar surface area (TPSA) is 64.6 Å². The molecule has 182 valence electrons. The number of Topliss-reactive ketones (excluding diaryl/α,β-unsaturated/α-hetero) is 1. The van der Waals surface area contributed by atoms with Gasteiger partial charge in [0.1, 0.15) is 19.0 Å². The summed E-state index contributed by atoms with van der Waals surface area (Å²) >= 11 is 0. The van der Waals surface area contributed by atoms with E-state index in [0.29, 0.717) is 42.5 Å². The molecule has 0 amide bonds. The number of hydrogen-bond acceptors (Lipinski definition) is 5. The van der Waals surface area contributed by atoms with E-state index in [1.807, 2.05) is 73.7 Å². The van der Waals surface area contributed by atoms with Gasteiger partial charge in [0.25, 0.3) is 0 Å². The fourth-order valence-corrected chi connectivity index (χ4v) is 3.59. The summed E-state index contributed by atoms with van der Waals surface area (Å²) in [6.07, 6.45) is 2.40. The maximum Gasteiger partial charge on any atom is 0.161 e. The molecule has 0 saturated carbocycles. The van der Waals surface area contributed by atoms with Gasteiger partial charge in [0.15, 0.2) is 17.8 Å². The molecule has 0 radical (unpaired) electrons.